The summed E-state index contributed by atoms with van der Waals surface area (Å²) in [6.07, 6.45) is 1.26. The lowest BCUT2D eigenvalue weighted by atomic mass is 9.68. The van der Waals surface area contributed by atoms with E-state index in [1.807, 2.05) is 25.1 Å². The molecule has 0 radical (unpaired) electrons. The van der Waals surface area contributed by atoms with E-state index in [0.717, 1.165) is 24.0 Å². The van der Waals surface area contributed by atoms with Crippen molar-refractivity contribution in [2.24, 2.45) is 10.7 Å². The molecule has 7 nitrogen and oxygen atoms in total. The first-order valence-electron chi connectivity index (χ1n) is 10.1. The van der Waals surface area contributed by atoms with Crippen LogP contribution >= 0.6 is 11.6 Å². The first-order chi connectivity index (χ1) is 14.8. The van der Waals surface area contributed by atoms with Gasteiger partial charge in [0.05, 0.1) is 11.6 Å². The number of carbonyl (C=O) groups excluding carboxylic acids is 1. The first kappa shape index (κ1) is 19.9. The van der Waals surface area contributed by atoms with E-state index in [9.17, 15) is 10.1 Å². The van der Waals surface area contributed by atoms with Gasteiger partial charge in [-0.3, -0.25) is 9.69 Å². The SMILES string of the molecule is CN1C(=O)[C@]2(N=C1N)c1cc(-c3cc(Cl)cc(C#N)c3)ccc1O[C@H]1CCCO[C@@]12C. The van der Waals surface area contributed by atoms with E-state index in [0.29, 0.717) is 28.5 Å². The van der Waals surface area contributed by atoms with Crippen LogP contribution in [-0.4, -0.2) is 42.1 Å². The predicted molar refractivity (Wildman–Crippen MR) is 116 cm³/mol. The second-order valence-electron chi connectivity index (χ2n) is 8.30. The molecule has 5 rings (SSSR count). The summed E-state index contributed by atoms with van der Waals surface area (Å²) in [5, 5.41) is 9.78. The Balaban J connectivity index is 1.76. The van der Waals surface area contributed by atoms with Gasteiger partial charge >= 0.3 is 0 Å². The van der Waals surface area contributed by atoms with Crippen molar-refractivity contribution >= 4 is 23.5 Å². The van der Waals surface area contributed by atoms with Crippen molar-refractivity contribution in [3.63, 3.8) is 0 Å². The molecule has 31 heavy (non-hydrogen) atoms. The number of nitrogens with two attached hydrogens (primary N) is 1. The van der Waals surface area contributed by atoms with Crippen molar-refractivity contribution in [1.29, 1.82) is 5.26 Å². The van der Waals surface area contributed by atoms with Crippen LogP contribution in [0.5, 0.6) is 5.75 Å². The third kappa shape index (κ3) is 2.62. The Morgan fingerprint density at radius 3 is 2.81 bits per heavy atom. The molecule has 1 spiro atoms. The van der Waals surface area contributed by atoms with Crippen LogP contribution < -0.4 is 10.5 Å². The number of likely N-dealkylation sites (N-methyl/N-ethyl adjacent to an activating group) is 1. The second-order valence-corrected chi connectivity index (χ2v) is 8.74. The maximum atomic E-state index is 13.6. The number of guanidine groups is 1. The first-order valence-corrected chi connectivity index (χ1v) is 10.5. The van der Waals surface area contributed by atoms with Crippen LogP contribution in [-0.2, 0) is 15.1 Å². The van der Waals surface area contributed by atoms with E-state index in [2.05, 4.69) is 6.07 Å². The molecular formula is C23H21ClN4O3. The molecule has 1 saturated heterocycles. The highest BCUT2D eigenvalue weighted by Gasteiger charge is 2.68. The van der Waals surface area contributed by atoms with E-state index in [1.54, 1.807) is 25.2 Å². The Morgan fingerprint density at radius 1 is 1.29 bits per heavy atom. The molecule has 2 N–H and O–H groups in total. The predicted octanol–water partition coefficient (Wildman–Crippen LogP) is 3.19. The van der Waals surface area contributed by atoms with E-state index in [-0.39, 0.29) is 18.0 Å². The van der Waals surface area contributed by atoms with E-state index < -0.39 is 11.1 Å². The molecule has 158 valence electrons. The van der Waals surface area contributed by atoms with Crippen LogP contribution in [0.25, 0.3) is 11.1 Å². The topological polar surface area (TPSA) is 101 Å². The van der Waals surface area contributed by atoms with Crippen molar-refractivity contribution in [2.45, 2.75) is 37.0 Å². The number of nitrogens with zero attached hydrogens (tertiary/aromatic N) is 3. The van der Waals surface area contributed by atoms with Gasteiger partial charge in [0.25, 0.3) is 5.91 Å². The number of fused-ring (bicyclic) bond motifs is 4. The highest BCUT2D eigenvalue weighted by Crippen LogP contribution is 2.55. The zero-order valence-corrected chi connectivity index (χ0v) is 17.9. The summed E-state index contributed by atoms with van der Waals surface area (Å²) in [4.78, 5) is 19.7. The Hall–Kier alpha value is -3.08. The van der Waals surface area contributed by atoms with Gasteiger partial charge in [0.15, 0.2) is 5.96 Å². The number of ether oxygens (including phenoxy) is 2. The van der Waals surface area contributed by atoms with Crippen LogP contribution in [0.2, 0.25) is 5.02 Å². The van der Waals surface area contributed by atoms with E-state index in [1.165, 1.54) is 4.90 Å². The molecule has 1 fully saturated rings. The minimum Gasteiger partial charge on any atom is -0.487 e. The van der Waals surface area contributed by atoms with Crippen LogP contribution in [0.4, 0.5) is 0 Å². The highest BCUT2D eigenvalue weighted by molar-refractivity contribution is 6.31. The number of aliphatic imine (C=N–C) groups is 1. The number of hydrogen-bond donors (Lipinski definition) is 1. The third-order valence-corrected chi connectivity index (χ3v) is 6.80. The fourth-order valence-electron chi connectivity index (χ4n) is 4.91. The highest BCUT2D eigenvalue weighted by atomic mass is 35.5. The number of amides is 1. The van der Waals surface area contributed by atoms with Gasteiger partial charge in [-0.2, -0.15) is 5.26 Å². The molecule has 2 aromatic rings. The molecule has 0 saturated carbocycles. The summed E-state index contributed by atoms with van der Waals surface area (Å²) >= 11 is 6.22. The number of hydrogen-bond acceptors (Lipinski definition) is 6. The molecule has 2 aromatic carbocycles. The molecule has 3 atom stereocenters. The van der Waals surface area contributed by atoms with Crippen LogP contribution in [0.15, 0.2) is 41.4 Å². The number of halogens is 1. The zero-order chi connectivity index (χ0) is 22.0. The van der Waals surface area contributed by atoms with Crippen molar-refractivity contribution < 1.29 is 14.3 Å². The molecule has 0 unspecified atom stereocenters. The largest absolute Gasteiger partial charge is 0.487 e. The maximum absolute atomic E-state index is 13.6. The van der Waals surface area contributed by atoms with Gasteiger partial charge in [-0.25, -0.2) is 4.99 Å². The zero-order valence-electron chi connectivity index (χ0n) is 17.2. The smallest absolute Gasteiger partial charge is 0.265 e. The molecule has 1 amide bonds. The number of benzene rings is 2. The Kier molecular flexibility index (Phi) is 4.30. The summed E-state index contributed by atoms with van der Waals surface area (Å²) < 4.78 is 12.6. The quantitative estimate of drug-likeness (QED) is 0.739. The molecule has 3 aliphatic rings. The molecule has 0 bridgehead atoms. The van der Waals surface area contributed by atoms with Gasteiger partial charge in [-0.15, -0.1) is 0 Å². The third-order valence-electron chi connectivity index (χ3n) is 6.58. The summed E-state index contributed by atoms with van der Waals surface area (Å²) in [6.45, 7) is 2.40. The van der Waals surface area contributed by atoms with Gasteiger partial charge in [0.1, 0.15) is 17.5 Å². The maximum Gasteiger partial charge on any atom is 0.265 e. The molecule has 3 aliphatic heterocycles. The summed E-state index contributed by atoms with van der Waals surface area (Å²) in [6, 6.07) is 12.9. The lowest BCUT2D eigenvalue weighted by Gasteiger charge is -2.52. The van der Waals surface area contributed by atoms with Gasteiger partial charge in [0.2, 0.25) is 5.54 Å². The van der Waals surface area contributed by atoms with Gasteiger partial charge in [-0.05, 0) is 61.2 Å². The van der Waals surface area contributed by atoms with Crippen molar-refractivity contribution in [3.05, 3.63) is 52.5 Å². The average molecular weight is 437 g/mol. The fraction of sp³-hybridized carbons (Fsp3) is 0.348. The molecule has 0 aliphatic carbocycles. The standard InChI is InChI=1S/C23H21ClN4O3/c1-22-19(4-3-7-30-22)31-18-6-5-14(15-8-13(12-25)9-16(24)10-15)11-17(18)23(22)20(29)28(2)21(26)27-23/h5-6,8-11,19H,3-4,7H2,1-2H3,(H2,26,27)/t19-,22-,23+/m0/s1. The van der Waals surface area contributed by atoms with Crippen LogP contribution in [0, 0.1) is 11.3 Å². The van der Waals surface area contributed by atoms with E-state index in [4.69, 9.17) is 31.8 Å². The normalized spacial score (nSPS) is 29.1. The molecular weight excluding hydrogens is 416 g/mol. The van der Waals surface area contributed by atoms with Crippen molar-refractivity contribution in [2.75, 3.05) is 13.7 Å². The minimum absolute atomic E-state index is 0.145. The molecule has 0 aromatic heterocycles. The summed E-state index contributed by atoms with van der Waals surface area (Å²) in [5.74, 6) is 0.483. The second kappa shape index (κ2) is 6.71. The molecule has 3 heterocycles. The monoisotopic (exact) mass is 436 g/mol. The van der Waals surface area contributed by atoms with E-state index >= 15 is 0 Å². The summed E-state index contributed by atoms with van der Waals surface area (Å²) in [7, 11) is 1.62. The van der Waals surface area contributed by atoms with Crippen molar-refractivity contribution in [3.8, 4) is 22.9 Å². The Morgan fingerprint density at radius 2 is 2.10 bits per heavy atom. The number of carbonyl (C=O) groups is 1. The van der Waals surface area contributed by atoms with Gasteiger partial charge in [-0.1, -0.05) is 17.7 Å². The minimum atomic E-state index is -1.35. The lowest BCUT2D eigenvalue weighted by molar-refractivity contribution is -0.191. The molecule has 8 heteroatoms. The van der Waals surface area contributed by atoms with Gasteiger partial charge < -0.3 is 15.2 Å². The Labute approximate surface area is 185 Å². The van der Waals surface area contributed by atoms with Crippen molar-refractivity contribution in [1.82, 2.24) is 4.90 Å². The van der Waals surface area contributed by atoms with Gasteiger partial charge in [0, 0.05) is 24.2 Å². The van der Waals surface area contributed by atoms with Crippen LogP contribution in [0.3, 0.4) is 0 Å². The van der Waals surface area contributed by atoms with Crippen LogP contribution in [0.1, 0.15) is 30.9 Å². The number of nitriles is 1. The average Bonchev–Trinajstić information content (AvgIpc) is 2.99. The summed E-state index contributed by atoms with van der Waals surface area (Å²) in [5.41, 5.74) is 6.37. The Bertz CT molecular complexity index is 1190. The fourth-order valence-corrected chi connectivity index (χ4v) is 5.14. The number of rotatable bonds is 1. The lowest BCUT2D eigenvalue weighted by Crippen LogP contribution is -2.67.